The Kier molecular flexibility index (Phi) is 23.2. The molecule has 0 saturated heterocycles. The summed E-state index contributed by atoms with van der Waals surface area (Å²) in [7, 11) is 0. The Hall–Kier alpha value is 0.0900. The van der Waals surface area contributed by atoms with Gasteiger partial charge >= 0.3 is 0 Å². The van der Waals surface area contributed by atoms with Gasteiger partial charge < -0.3 is 0 Å². The average Bonchev–Trinajstić information content (AvgIpc) is 2.60. The van der Waals surface area contributed by atoms with Crippen LogP contribution in [0.4, 0.5) is 0 Å². The van der Waals surface area contributed by atoms with E-state index in [1.807, 2.05) is 0 Å². The van der Waals surface area contributed by atoms with Crippen LogP contribution in [-0.2, 0) is 0 Å². The van der Waals surface area contributed by atoms with Crippen LogP contribution in [-0.4, -0.2) is 5.37 Å². The summed E-state index contributed by atoms with van der Waals surface area (Å²) in [6, 6.07) is 0. The molecular formula is C23H45S. The van der Waals surface area contributed by atoms with Crippen molar-refractivity contribution in [2.75, 3.05) is 0 Å². The molecule has 0 aromatic rings. The third-order valence-electron chi connectivity index (χ3n) is 5.13. The monoisotopic (exact) mass is 353 g/mol. The van der Waals surface area contributed by atoms with Crippen LogP contribution in [0, 0.1) is 0 Å². The topological polar surface area (TPSA) is 0 Å². The van der Waals surface area contributed by atoms with Gasteiger partial charge in [0.05, 0.1) is 0 Å². The van der Waals surface area contributed by atoms with E-state index in [0.29, 0.717) is 0 Å². The zero-order chi connectivity index (χ0) is 17.6. The molecule has 0 rings (SSSR count). The molecule has 0 aromatic carbocycles. The Morgan fingerprint density at radius 1 is 0.417 bits per heavy atom. The predicted molar refractivity (Wildman–Crippen MR) is 115 cm³/mol. The van der Waals surface area contributed by atoms with Gasteiger partial charge in [0.2, 0.25) is 0 Å². The number of hydrogen-bond donors (Lipinski definition) is 0. The molecule has 0 amide bonds. The molecule has 0 spiro atoms. The van der Waals surface area contributed by atoms with E-state index in [2.05, 4.69) is 12.3 Å². The molecule has 0 bridgehead atoms. The van der Waals surface area contributed by atoms with Crippen molar-refractivity contribution >= 4 is 17.6 Å². The minimum absolute atomic E-state index is 1.01. The largest absolute Gasteiger partial charge is 0.0837 e. The molecule has 0 aliphatic rings. The van der Waals surface area contributed by atoms with Crippen molar-refractivity contribution in [1.82, 2.24) is 0 Å². The van der Waals surface area contributed by atoms with E-state index >= 15 is 0 Å². The van der Waals surface area contributed by atoms with Crippen molar-refractivity contribution in [2.24, 2.45) is 0 Å². The summed E-state index contributed by atoms with van der Waals surface area (Å²) in [5, 5.41) is 2.81. The van der Waals surface area contributed by atoms with E-state index in [1.54, 1.807) is 0 Å². The summed E-state index contributed by atoms with van der Waals surface area (Å²) in [6.45, 7) is 2.30. The normalized spacial score (nSPS) is 11.0. The standard InChI is InChI=1S/C23H45S/c1-2-3-4-5-6-7-8-9-10-11-12-13-14-15-16-17-18-19-20-21-22-23-24/h2-22H2,1H3. The minimum Gasteiger partial charge on any atom is -0.0837 e. The molecule has 0 saturated carbocycles. The van der Waals surface area contributed by atoms with E-state index < -0.39 is 0 Å². The lowest BCUT2D eigenvalue weighted by atomic mass is 10.0. The van der Waals surface area contributed by atoms with Gasteiger partial charge in [-0.1, -0.05) is 141 Å². The van der Waals surface area contributed by atoms with Gasteiger partial charge in [0.1, 0.15) is 0 Å². The molecular weight excluding hydrogens is 308 g/mol. The second-order valence-electron chi connectivity index (χ2n) is 7.61. The zero-order valence-corrected chi connectivity index (χ0v) is 17.6. The van der Waals surface area contributed by atoms with E-state index in [9.17, 15) is 0 Å². The van der Waals surface area contributed by atoms with Crippen LogP contribution in [0.2, 0.25) is 0 Å². The van der Waals surface area contributed by atoms with Gasteiger partial charge in [-0.2, -0.15) is 0 Å². The zero-order valence-electron chi connectivity index (χ0n) is 16.8. The molecule has 0 aliphatic heterocycles. The molecule has 0 nitrogen and oxygen atoms in total. The first-order chi connectivity index (χ1) is 11.9. The number of unbranched alkanes of at least 4 members (excludes halogenated alkanes) is 20. The lowest BCUT2D eigenvalue weighted by Crippen LogP contribution is -1.84. The molecule has 143 valence electrons. The Morgan fingerprint density at radius 3 is 0.917 bits per heavy atom. The molecule has 0 fully saturated rings. The Balaban J connectivity index is 2.94. The summed E-state index contributed by atoms with van der Waals surface area (Å²) in [5.41, 5.74) is 0. The first kappa shape index (κ1) is 24.1. The van der Waals surface area contributed by atoms with Crippen molar-refractivity contribution in [3.8, 4) is 0 Å². The van der Waals surface area contributed by atoms with Crippen LogP contribution < -0.4 is 0 Å². The van der Waals surface area contributed by atoms with Crippen molar-refractivity contribution in [3.63, 3.8) is 0 Å². The second kappa shape index (κ2) is 23.1. The molecule has 0 atom stereocenters. The maximum atomic E-state index is 4.72. The third-order valence-corrected chi connectivity index (χ3v) is 5.34. The quantitative estimate of drug-likeness (QED) is 0.146. The van der Waals surface area contributed by atoms with Gasteiger partial charge in [-0.3, -0.25) is 0 Å². The summed E-state index contributed by atoms with van der Waals surface area (Å²) in [4.78, 5) is 0. The molecule has 0 N–H and O–H groups in total. The van der Waals surface area contributed by atoms with Crippen LogP contribution in [0.25, 0.3) is 0 Å². The van der Waals surface area contributed by atoms with Crippen LogP contribution in [0.15, 0.2) is 0 Å². The molecule has 0 aromatic heterocycles. The van der Waals surface area contributed by atoms with Gasteiger partial charge in [0, 0.05) is 5.37 Å². The highest BCUT2D eigenvalue weighted by molar-refractivity contribution is 7.78. The highest BCUT2D eigenvalue weighted by Gasteiger charge is 1.95. The van der Waals surface area contributed by atoms with Crippen LogP contribution in [0.3, 0.4) is 0 Å². The highest BCUT2D eigenvalue weighted by Crippen LogP contribution is 2.14. The van der Waals surface area contributed by atoms with Crippen LogP contribution >= 0.6 is 12.2 Å². The van der Waals surface area contributed by atoms with Gasteiger partial charge in [0.15, 0.2) is 0 Å². The molecule has 0 aliphatic carbocycles. The minimum atomic E-state index is 1.01. The maximum absolute atomic E-state index is 4.72. The van der Waals surface area contributed by atoms with Gasteiger partial charge in [0.25, 0.3) is 0 Å². The molecule has 0 heterocycles. The van der Waals surface area contributed by atoms with E-state index in [0.717, 1.165) is 6.42 Å². The number of thiocarbonyl (C=S) groups is 1. The predicted octanol–water partition coefficient (Wildman–Crippen LogP) is 9.08. The smallest absolute Gasteiger partial charge is 0.0291 e. The fourth-order valence-electron chi connectivity index (χ4n) is 3.45. The summed E-state index contributed by atoms with van der Waals surface area (Å²) in [5.74, 6) is 0. The second-order valence-corrected chi connectivity index (χ2v) is 7.90. The Labute approximate surface area is 159 Å². The molecule has 24 heavy (non-hydrogen) atoms. The van der Waals surface area contributed by atoms with E-state index in [-0.39, 0.29) is 0 Å². The van der Waals surface area contributed by atoms with Crippen molar-refractivity contribution in [2.45, 2.75) is 142 Å². The summed E-state index contributed by atoms with van der Waals surface area (Å²) >= 11 is 4.72. The molecule has 1 radical (unpaired) electrons. The molecule has 0 unspecified atom stereocenters. The Bertz CT molecular complexity index is 224. The highest BCUT2D eigenvalue weighted by atomic mass is 32.1. The van der Waals surface area contributed by atoms with Gasteiger partial charge in [-0.05, 0) is 12.8 Å². The van der Waals surface area contributed by atoms with Crippen LogP contribution in [0.5, 0.6) is 0 Å². The molecule has 1 heteroatoms. The lowest BCUT2D eigenvalue weighted by Gasteiger charge is -2.04. The number of hydrogen-bond acceptors (Lipinski definition) is 1. The lowest BCUT2D eigenvalue weighted by molar-refractivity contribution is 0.522. The summed E-state index contributed by atoms with van der Waals surface area (Å²) < 4.78 is 0. The van der Waals surface area contributed by atoms with E-state index in [1.165, 1.54) is 128 Å². The first-order valence-electron chi connectivity index (χ1n) is 11.3. The van der Waals surface area contributed by atoms with Crippen LogP contribution in [0.1, 0.15) is 142 Å². The fraction of sp³-hybridized carbons (Fsp3) is 0.957. The third kappa shape index (κ3) is 22.1. The van der Waals surface area contributed by atoms with Crippen molar-refractivity contribution in [1.29, 1.82) is 0 Å². The fourth-order valence-corrected chi connectivity index (χ4v) is 3.60. The van der Waals surface area contributed by atoms with Crippen molar-refractivity contribution in [3.05, 3.63) is 0 Å². The van der Waals surface area contributed by atoms with Gasteiger partial charge in [-0.15, -0.1) is 0 Å². The number of rotatable bonds is 21. The van der Waals surface area contributed by atoms with Gasteiger partial charge in [-0.25, -0.2) is 0 Å². The first-order valence-corrected chi connectivity index (χ1v) is 11.7. The van der Waals surface area contributed by atoms with E-state index in [4.69, 9.17) is 12.2 Å². The SMILES string of the molecule is CCCCCCCCCCCCCCCCCCCCCC[C]=S. The maximum Gasteiger partial charge on any atom is 0.0291 e. The summed E-state index contributed by atoms with van der Waals surface area (Å²) in [6.07, 6.45) is 29.8. The Morgan fingerprint density at radius 2 is 0.667 bits per heavy atom. The average molecular weight is 354 g/mol. The van der Waals surface area contributed by atoms with Crippen molar-refractivity contribution < 1.29 is 0 Å².